The van der Waals surface area contributed by atoms with Crippen LogP contribution in [0.1, 0.15) is 40.2 Å². The molecular formula is C34H25Cl2FN2O7. The number of benzene rings is 3. The Kier molecular flexibility index (Phi) is 6.70. The third-order valence-corrected chi connectivity index (χ3v) is 11.2. The Bertz CT molecular complexity index is 1930. The van der Waals surface area contributed by atoms with E-state index >= 15 is 0 Å². The highest BCUT2D eigenvalue weighted by Crippen LogP contribution is 2.66. The highest BCUT2D eigenvalue weighted by molar-refractivity contribution is 6.58. The van der Waals surface area contributed by atoms with Crippen molar-refractivity contribution < 1.29 is 38.6 Å². The van der Waals surface area contributed by atoms with Crippen molar-refractivity contribution in [2.24, 2.45) is 17.8 Å². The normalized spacial score (nSPS) is 30.2. The molecule has 9 nitrogen and oxygen atoms in total. The molecule has 46 heavy (non-hydrogen) atoms. The average Bonchev–Trinajstić information content (AvgIpc) is 3.37. The molecule has 0 bridgehead atoms. The van der Waals surface area contributed by atoms with Crippen LogP contribution < -0.4 is 9.80 Å². The van der Waals surface area contributed by atoms with Gasteiger partial charge in [0.15, 0.2) is 9.75 Å². The first-order valence-electron chi connectivity index (χ1n) is 14.5. The van der Waals surface area contributed by atoms with Gasteiger partial charge in [0, 0.05) is 11.5 Å². The number of amides is 4. The third-order valence-electron chi connectivity index (χ3n) is 9.83. The summed E-state index contributed by atoms with van der Waals surface area (Å²) in [6, 6.07) is 15.1. The number of halogens is 3. The lowest BCUT2D eigenvalue weighted by Gasteiger charge is -2.50. The Morgan fingerprint density at radius 3 is 2.28 bits per heavy atom. The first-order chi connectivity index (χ1) is 21.8. The van der Waals surface area contributed by atoms with Crippen LogP contribution in [0.5, 0.6) is 5.75 Å². The van der Waals surface area contributed by atoms with Gasteiger partial charge >= 0.3 is 5.97 Å². The zero-order valence-electron chi connectivity index (χ0n) is 24.1. The van der Waals surface area contributed by atoms with Gasteiger partial charge in [-0.25, -0.2) is 14.1 Å². The Labute approximate surface area is 271 Å². The van der Waals surface area contributed by atoms with E-state index in [1.54, 1.807) is 31.2 Å². The maximum atomic E-state index is 14.4. The summed E-state index contributed by atoms with van der Waals surface area (Å²) >= 11 is 14.6. The molecule has 3 fully saturated rings. The molecule has 0 radical (unpaired) electrons. The van der Waals surface area contributed by atoms with E-state index in [4.69, 9.17) is 23.2 Å². The van der Waals surface area contributed by atoms with Crippen LogP contribution >= 0.6 is 23.2 Å². The Morgan fingerprint density at radius 1 is 0.891 bits per heavy atom. The van der Waals surface area contributed by atoms with Crippen molar-refractivity contribution in [1.82, 2.24) is 0 Å². The second kappa shape index (κ2) is 10.2. The number of carbonyl (C=O) groups is 5. The number of anilines is 2. The molecule has 2 aliphatic heterocycles. The SMILES string of the molecule is Cc1cccc([C@H]2C3=CC[C@@H]4C(=O)N(c5cccc(C(=O)O)c5)C(=O)[C@@H]4[C@@H]3C[C@@]3(Cl)C(=O)N(c4ccc(F)cc4)C(=O)[C@@]23Cl)c1O. The Balaban J connectivity index is 1.40. The van der Waals surface area contributed by atoms with Gasteiger partial charge in [-0.3, -0.25) is 24.1 Å². The number of rotatable bonds is 4. The lowest BCUT2D eigenvalue weighted by Crippen LogP contribution is -2.60. The number of para-hydroxylation sites is 1. The zero-order chi connectivity index (χ0) is 32.9. The van der Waals surface area contributed by atoms with Crippen LogP contribution in [-0.4, -0.2) is 49.6 Å². The molecule has 0 aromatic heterocycles. The Morgan fingerprint density at radius 2 is 1.59 bits per heavy atom. The number of phenols is 1. The molecule has 0 spiro atoms. The van der Waals surface area contributed by atoms with Gasteiger partial charge < -0.3 is 10.2 Å². The summed E-state index contributed by atoms with van der Waals surface area (Å²) < 4.78 is 13.8. The summed E-state index contributed by atoms with van der Waals surface area (Å²) in [5, 5.41) is 20.8. The first-order valence-corrected chi connectivity index (χ1v) is 15.3. The number of carboxylic acids is 1. The number of hydrogen-bond acceptors (Lipinski definition) is 6. The summed E-state index contributed by atoms with van der Waals surface area (Å²) in [4.78, 5) is 65.8. The van der Waals surface area contributed by atoms with E-state index in [1.807, 2.05) is 0 Å². The fourth-order valence-electron chi connectivity index (χ4n) is 7.69. The van der Waals surface area contributed by atoms with Gasteiger partial charge in [-0.05, 0) is 73.7 Å². The standard InChI is InChI=1S/C34H25Cl2FN2O7/c1-16-4-2-7-23(27(16)40)26-21-12-13-22-25(29(42)38(28(22)41)20-6-3-5-17(14-20)30(43)44)24(21)15-33(35)31(45)39(32(46)34(26,33)36)19-10-8-18(37)9-11-19/h2-12,14,22,24-26,40H,13,15H2,1H3,(H,43,44)/t22-,24+,25-,26+,33+,34-/m0/s1. The molecule has 4 aliphatic rings. The molecule has 1 saturated carbocycles. The van der Waals surface area contributed by atoms with Gasteiger partial charge in [-0.2, -0.15) is 0 Å². The maximum absolute atomic E-state index is 14.4. The number of allylic oxidation sites excluding steroid dienone is 2. The molecule has 12 heteroatoms. The molecule has 3 aromatic carbocycles. The van der Waals surface area contributed by atoms with Gasteiger partial charge in [0.2, 0.25) is 11.8 Å². The van der Waals surface area contributed by atoms with E-state index in [1.165, 1.54) is 36.4 Å². The van der Waals surface area contributed by atoms with Crippen LogP contribution in [0.3, 0.4) is 0 Å². The highest BCUT2D eigenvalue weighted by Gasteiger charge is 2.77. The van der Waals surface area contributed by atoms with Crippen molar-refractivity contribution in [1.29, 1.82) is 0 Å². The van der Waals surface area contributed by atoms with Gasteiger partial charge in [0.1, 0.15) is 11.6 Å². The number of alkyl halides is 2. The predicted octanol–water partition coefficient (Wildman–Crippen LogP) is 5.31. The number of aromatic hydroxyl groups is 1. The van der Waals surface area contributed by atoms with E-state index in [9.17, 15) is 38.6 Å². The second-order valence-electron chi connectivity index (χ2n) is 12.1. The number of fused-ring (bicyclic) bond motifs is 4. The second-order valence-corrected chi connectivity index (χ2v) is 13.4. The quantitative estimate of drug-likeness (QED) is 0.220. The van der Waals surface area contributed by atoms with Gasteiger partial charge in [-0.15, -0.1) is 23.2 Å². The van der Waals surface area contributed by atoms with Crippen molar-refractivity contribution in [2.45, 2.75) is 35.4 Å². The number of aromatic carboxylic acids is 1. The minimum atomic E-state index is -2.18. The molecule has 7 rings (SSSR count). The molecule has 4 amide bonds. The molecule has 2 saturated heterocycles. The van der Waals surface area contributed by atoms with Crippen LogP contribution in [0, 0.1) is 30.5 Å². The number of carboxylic acid groups (broad SMARTS) is 1. The fourth-order valence-corrected chi connectivity index (χ4v) is 8.62. The number of nitrogens with zero attached hydrogens (tertiary/aromatic N) is 2. The van der Waals surface area contributed by atoms with Crippen LogP contribution in [0.4, 0.5) is 15.8 Å². The Hall–Kier alpha value is -4.54. The molecule has 3 aromatic rings. The maximum Gasteiger partial charge on any atom is 0.335 e. The van der Waals surface area contributed by atoms with Crippen molar-refractivity contribution in [3.63, 3.8) is 0 Å². The molecule has 6 atom stereocenters. The number of aryl methyl sites for hydroxylation is 1. The van der Waals surface area contributed by atoms with Crippen LogP contribution in [0.25, 0.3) is 0 Å². The minimum Gasteiger partial charge on any atom is -0.507 e. The van der Waals surface area contributed by atoms with Crippen LogP contribution in [0.2, 0.25) is 0 Å². The van der Waals surface area contributed by atoms with Crippen molar-refractivity contribution in [3.8, 4) is 5.75 Å². The molecule has 2 aliphatic carbocycles. The van der Waals surface area contributed by atoms with Gasteiger partial charge in [0.05, 0.1) is 28.8 Å². The third kappa shape index (κ3) is 3.89. The largest absolute Gasteiger partial charge is 0.507 e. The van der Waals surface area contributed by atoms with Crippen molar-refractivity contribution in [3.05, 3.63) is 101 Å². The molecule has 2 N–H and O–H groups in total. The average molecular weight is 663 g/mol. The molecule has 2 heterocycles. The number of hydrogen-bond donors (Lipinski definition) is 2. The monoisotopic (exact) mass is 662 g/mol. The summed E-state index contributed by atoms with van der Waals surface area (Å²) in [7, 11) is 0. The van der Waals surface area contributed by atoms with Crippen LogP contribution in [0.15, 0.2) is 78.4 Å². The molecule has 0 unspecified atom stereocenters. The number of carbonyl (C=O) groups excluding carboxylic acids is 4. The smallest absolute Gasteiger partial charge is 0.335 e. The lowest BCUT2D eigenvalue weighted by atomic mass is 9.56. The van der Waals surface area contributed by atoms with Crippen LogP contribution in [-0.2, 0) is 19.2 Å². The first kappa shape index (κ1) is 30.1. The predicted molar refractivity (Wildman–Crippen MR) is 165 cm³/mol. The van der Waals surface area contributed by atoms with E-state index in [0.29, 0.717) is 11.1 Å². The molecule has 234 valence electrons. The highest BCUT2D eigenvalue weighted by atomic mass is 35.5. The van der Waals surface area contributed by atoms with E-state index < -0.39 is 68.8 Å². The number of phenolic OH excluding ortho intramolecular Hbond substituents is 1. The van der Waals surface area contributed by atoms with E-state index in [2.05, 4.69) is 0 Å². The minimum absolute atomic E-state index is 0.0458. The summed E-state index contributed by atoms with van der Waals surface area (Å²) in [6.07, 6.45) is 1.53. The van der Waals surface area contributed by atoms with E-state index in [0.717, 1.165) is 21.9 Å². The van der Waals surface area contributed by atoms with Gasteiger partial charge in [-0.1, -0.05) is 35.9 Å². The van der Waals surface area contributed by atoms with E-state index in [-0.39, 0.29) is 41.1 Å². The zero-order valence-corrected chi connectivity index (χ0v) is 25.6. The number of imide groups is 2. The summed E-state index contributed by atoms with van der Waals surface area (Å²) in [5.74, 6) is -8.79. The van der Waals surface area contributed by atoms with Crippen molar-refractivity contribution in [2.75, 3.05) is 9.80 Å². The fraction of sp³-hybridized carbons (Fsp3) is 0.265. The summed E-state index contributed by atoms with van der Waals surface area (Å²) in [5.41, 5.74) is 1.21. The lowest BCUT2D eigenvalue weighted by molar-refractivity contribution is -0.125. The topological polar surface area (TPSA) is 132 Å². The van der Waals surface area contributed by atoms with Gasteiger partial charge in [0.25, 0.3) is 11.8 Å². The summed E-state index contributed by atoms with van der Waals surface area (Å²) in [6.45, 7) is 1.66. The van der Waals surface area contributed by atoms with Crippen molar-refractivity contribution >= 4 is 64.2 Å². The molecular weight excluding hydrogens is 638 g/mol.